The fourth-order valence-electron chi connectivity index (χ4n) is 1.19. The number of amides is 3. The van der Waals surface area contributed by atoms with E-state index >= 15 is 0 Å². The van der Waals surface area contributed by atoms with Gasteiger partial charge in [0.05, 0.1) is 6.42 Å². The third-order valence-electron chi connectivity index (χ3n) is 2.07. The smallest absolute Gasteiger partial charge is 0.319 e. The summed E-state index contributed by atoms with van der Waals surface area (Å²) in [4.78, 5) is 35.8. The van der Waals surface area contributed by atoms with E-state index in [1.165, 1.54) is 23.9 Å². The minimum atomic E-state index is -0.962. The van der Waals surface area contributed by atoms with Gasteiger partial charge in [-0.05, 0) is 6.92 Å². The van der Waals surface area contributed by atoms with Crippen LogP contribution >= 0.6 is 0 Å². The summed E-state index contributed by atoms with van der Waals surface area (Å²) in [6, 6.07) is -0.377. The molecule has 0 unspecified atom stereocenters. The maximum Gasteiger partial charge on any atom is 0.319 e. The van der Waals surface area contributed by atoms with Crippen molar-refractivity contribution in [1.82, 2.24) is 15.1 Å². The minimum Gasteiger partial charge on any atom is -0.481 e. The molecule has 7 nitrogen and oxygen atoms in total. The Hall–Kier alpha value is -1.79. The molecule has 0 saturated heterocycles. The van der Waals surface area contributed by atoms with Crippen LogP contribution in [0.15, 0.2) is 0 Å². The highest BCUT2D eigenvalue weighted by Gasteiger charge is 2.16. The molecule has 0 radical (unpaired) electrons. The van der Waals surface area contributed by atoms with Gasteiger partial charge in [-0.25, -0.2) is 4.79 Å². The molecule has 98 valence electrons. The van der Waals surface area contributed by atoms with E-state index in [1.807, 2.05) is 0 Å². The van der Waals surface area contributed by atoms with E-state index in [0.717, 1.165) is 0 Å². The highest BCUT2D eigenvalue weighted by atomic mass is 16.4. The van der Waals surface area contributed by atoms with Crippen LogP contribution in [0.5, 0.6) is 0 Å². The number of aliphatic carboxylic acids is 1. The average molecular weight is 245 g/mol. The van der Waals surface area contributed by atoms with Gasteiger partial charge in [0.25, 0.3) is 0 Å². The van der Waals surface area contributed by atoms with E-state index < -0.39 is 5.97 Å². The molecule has 0 aromatic carbocycles. The molecule has 0 aromatic heterocycles. The summed E-state index contributed by atoms with van der Waals surface area (Å²) >= 11 is 0. The number of carbonyl (C=O) groups is 3. The van der Waals surface area contributed by atoms with Crippen LogP contribution in [0.2, 0.25) is 0 Å². The Morgan fingerprint density at radius 2 is 1.76 bits per heavy atom. The Labute approximate surface area is 100 Å². The SMILES string of the molecule is CCNC(=O)CN(C)C(=O)N(C)CCC(=O)O. The molecule has 0 fully saturated rings. The Morgan fingerprint density at radius 1 is 1.18 bits per heavy atom. The lowest BCUT2D eigenvalue weighted by Gasteiger charge is -2.23. The van der Waals surface area contributed by atoms with E-state index in [2.05, 4.69) is 5.32 Å². The fourth-order valence-corrected chi connectivity index (χ4v) is 1.19. The molecule has 7 heteroatoms. The Kier molecular flexibility index (Phi) is 6.69. The van der Waals surface area contributed by atoms with E-state index in [-0.39, 0.29) is 31.4 Å². The number of rotatable bonds is 6. The first-order chi connectivity index (χ1) is 7.88. The second-order valence-corrected chi connectivity index (χ2v) is 3.66. The van der Waals surface area contributed by atoms with Crippen LogP contribution in [0.25, 0.3) is 0 Å². The molecular formula is C10H19N3O4. The standard InChI is InChI=1S/C10H19N3O4/c1-4-11-8(14)7-13(3)10(17)12(2)6-5-9(15)16/h4-7H2,1-3H3,(H,11,14)(H,15,16). The van der Waals surface area contributed by atoms with Gasteiger partial charge in [-0.1, -0.05) is 0 Å². The van der Waals surface area contributed by atoms with Gasteiger partial charge in [0.1, 0.15) is 6.54 Å². The summed E-state index contributed by atoms with van der Waals surface area (Å²) in [6.07, 6.45) is -0.114. The van der Waals surface area contributed by atoms with Crippen LogP contribution < -0.4 is 5.32 Å². The Bertz CT molecular complexity index is 293. The molecule has 0 saturated carbocycles. The maximum atomic E-state index is 11.7. The molecule has 0 aromatic rings. The van der Waals surface area contributed by atoms with E-state index in [4.69, 9.17) is 5.11 Å². The van der Waals surface area contributed by atoms with E-state index in [1.54, 1.807) is 6.92 Å². The molecule has 0 atom stereocenters. The first-order valence-electron chi connectivity index (χ1n) is 5.33. The largest absolute Gasteiger partial charge is 0.481 e. The number of hydrogen-bond donors (Lipinski definition) is 2. The number of urea groups is 1. The van der Waals surface area contributed by atoms with Gasteiger partial charge in [0.2, 0.25) is 5.91 Å². The predicted octanol–water partition coefficient (Wildman–Crippen LogP) is -0.419. The van der Waals surface area contributed by atoms with Gasteiger partial charge >= 0.3 is 12.0 Å². The molecule has 0 heterocycles. The Balaban J connectivity index is 4.10. The first-order valence-corrected chi connectivity index (χ1v) is 5.33. The summed E-state index contributed by atoms with van der Waals surface area (Å²) in [5.74, 6) is -1.20. The second-order valence-electron chi connectivity index (χ2n) is 3.66. The quantitative estimate of drug-likeness (QED) is 0.665. The zero-order valence-corrected chi connectivity index (χ0v) is 10.4. The van der Waals surface area contributed by atoms with Crippen LogP contribution in [0.3, 0.4) is 0 Å². The third kappa shape index (κ3) is 6.39. The lowest BCUT2D eigenvalue weighted by molar-refractivity contribution is -0.137. The number of carboxylic acids is 1. The van der Waals surface area contributed by atoms with Crippen LogP contribution in [-0.2, 0) is 9.59 Å². The normalized spacial score (nSPS) is 9.59. The van der Waals surface area contributed by atoms with Crippen molar-refractivity contribution in [3.63, 3.8) is 0 Å². The van der Waals surface area contributed by atoms with Gasteiger partial charge in [-0.2, -0.15) is 0 Å². The number of nitrogens with zero attached hydrogens (tertiary/aromatic N) is 2. The van der Waals surface area contributed by atoms with Crippen molar-refractivity contribution in [3.05, 3.63) is 0 Å². The summed E-state index contributed by atoms with van der Waals surface area (Å²) in [6.45, 7) is 2.38. The van der Waals surface area contributed by atoms with Crippen LogP contribution in [-0.4, -0.2) is 66.5 Å². The molecule has 3 amide bonds. The van der Waals surface area contributed by atoms with Gasteiger partial charge in [-0.15, -0.1) is 0 Å². The van der Waals surface area contributed by atoms with Crippen LogP contribution in [0, 0.1) is 0 Å². The zero-order chi connectivity index (χ0) is 13.4. The Morgan fingerprint density at radius 3 is 2.24 bits per heavy atom. The number of carboxylic acid groups (broad SMARTS) is 1. The van der Waals surface area contributed by atoms with Crippen molar-refractivity contribution in [3.8, 4) is 0 Å². The average Bonchev–Trinajstić information content (AvgIpc) is 2.24. The predicted molar refractivity (Wildman–Crippen MR) is 61.6 cm³/mol. The van der Waals surface area contributed by atoms with Gasteiger partial charge in [0.15, 0.2) is 0 Å². The summed E-state index contributed by atoms with van der Waals surface area (Å²) < 4.78 is 0. The van der Waals surface area contributed by atoms with Crippen LogP contribution in [0.4, 0.5) is 4.79 Å². The summed E-state index contributed by atoms with van der Waals surface area (Å²) in [7, 11) is 2.99. The molecule has 17 heavy (non-hydrogen) atoms. The van der Waals surface area contributed by atoms with Gasteiger partial charge in [0, 0.05) is 27.2 Å². The van der Waals surface area contributed by atoms with Crippen molar-refractivity contribution in [2.75, 3.05) is 33.7 Å². The van der Waals surface area contributed by atoms with E-state index in [9.17, 15) is 14.4 Å². The topological polar surface area (TPSA) is 90.0 Å². The molecule has 0 spiro atoms. The van der Waals surface area contributed by atoms with Crippen molar-refractivity contribution < 1.29 is 19.5 Å². The lowest BCUT2D eigenvalue weighted by Crippen LogP contribution is -2.44. The summed E-state index contributed by atoms with van der Waals surface area (Å²) in [5.41, 5.74) is 0. The number of likely N-dealkylation sites (N-methyl/N-ethyl adjacent to an activating group) is 2. The molecule has 0 aliphatic carbocycles. The molecular weight excluding hydrogens is 226 g/mol. The number of carbonyl (C=O) groups excluding carboxylic acids is 2. The minimum absolute atomic E-state index is 0.0376. The van der Waals surface area contributed by atoms with Crippen LogP contribution in [0.1, 0.15) is 13.3 Å². The summed E-state index contributed by atoms with van der Waals surface area (Å²) in [5, 5.41) is 11.1. The van der Waals surface area contributed by atoms with Gasteiger partial charge < -0.3 is 20.2 Å². The molecule has 2 N–H and O–H groups in total. The third-order valence-corrected chi connectivity index (χ3v) is 2.07. The van der Waals surface area contributed by atoms with Crippen molar-refractivity contribution in [2.24, 2.45) is 0 Å². The van der Waals surface area contributed by atoms with Gasteiger partial charge in [-0.3, -0.25) is 9.59 Å². The molecule has 0 aliphatic rings. The molecule has 0 bridgehead atoms. The first kappa shape index (κ1) is 15.2. The van der Waals surface area contributed by atoms with Crippen molar-refractivity contribution in [2.45, 2.75) is 13.3 Å². The van der Waals surface area contributed by atoms with E-state index in [0.29, 0.717) is 6.54 Å². The highest BCUT2D eigenvalue weighted by Crippen LogP contribution is 1.95. The molecule has 0 rings (SSSR count). The maximum absolute atomic E-state index is 11.7. The lowest BCUT2D eigenvalue weighted by atomic mass is 10.4. The van der Waals surface area contributed by atoms with Crippen molar-refractivity contribution in [1.29, 1.82) is 0 Å². The zero-order valence-electron chi connectivity index (χ0n) is 10.4. The molecule has 0 aliphatic heterocycles. The number of nitrogens with one attached hydrogen (secondary N) is 1. The van der Waals surface area contributed by atoms with Crippen molar-refractivity contribution >= 4 is 17.9 Å². The second kappa shape index (κ2) is 7.48. The fraction of sp³-hybridized carbons (Fsp3) is 0.700. The monoisotopic (exact) mass is 245 g/mol. The highest BCUT2D eigenvalue weighted by molar-refractivity contribution is 5.83. The number of hydrogen-bond acceptors (Lipinski definition) is 3.